The van der Waals surface area contributed by atoms with Crippen molar-refractivity contribution in [3.63, 3.8) is 0 Å². The van der Waals surface area contributed by atoms with E-state index in [1.165, 1.54) is 23.4 Å². The summed E-state index contributed by atoms with van der Waals surface area (Å²) in [6.45, 7) is 0.658. The van der Waals surface area contributed by atoms with Crippen molar-refractivity contribution in [3.8, 4) is 0 Å². The number of aromatic nitrogens is 2. The van der Waals surface area contributed by atoms with Crippen LogP contribution < -0.4 is 4.90 Å². The Morgan fingerprint density at radius 1 is 1.39 bits per heavy atom. The lowest BCUT2D eigenvalue weighted by Crippen LogP contribution is -2.24. The molecule has 0 aliphatic carbocycles. The number of alkyl halides is 3. The van der Waals surface area contributed by atoms with E-state index in [1.807, 2.05) is 0 Å². The summed E-state index contributed by atoms with van der Waals surface area (Å²) < 4.78 is 38.6. The maximum absolute atomic E-state index is 12.5. The van der Waals surface area contributed by atoms with Crippen LogP contribution in [0.5, 0.6) is 0 Å². The average molecular weight is 328 g/mol. The van der Waals surface area contributed by atoms with Gasteiger partial charge in [-0.25, -0.2) is 4.98 Å². The van der Waals surface area contributed by atoms with Gasteiger partial charge in [-0.3, -0.25) is 10.1 Å². The molecule has 1 aromatic heterocycles. The van der Waals surface area contributed by atoms with Crippen LogP contribution in [0.1, 0.15) is 11.4 Å². The molecule has 0 aliphatic rings. The van der Waals surface area contributed by atoms with Gasteiger partial charge in [-0.05, 0) is 18.6 Å². The summed E-state index contributed by atoms with van der Waals surface area (Å²) in [5, 5.41) is 11.1. The van der Waals surface area contributed by atoms with E-state index in [4.69, 9.17) is 0 Å². The number of hydrogen-bond acceptors (Lipinski definition) is 4. The van der Waals surface area contributed by atoms with E-state index in [9.17, 15) is 23.3 Å². The van der Waals surface area contributed by atoms with Crippen molar-refractivity contribution in [1.82, 2.24) is 9.55 Å². The van der Waals surface area contributed by atoms with Gasteiger partial charge in [0, 0.05) is 25.5 Å². The summed E-state index contributed by atoms with van der Waals surface area (Å²) in [4.78, 5) is 16.0. The lowest BCUT2D eigenvalue weighted by atomic mass is 10.2. The minimum absolute atomic E-state index is 0.0212. The molecule has 2 aromatic rings. The van der Waals surface area contributed by atoms with Crippen LogP contribution in [-0.2, 0) is 13.1 Å². The molecule has 2 rings (SSSR count). The molecule has 0 saturated heterocycles. The summed E-state index contributed by atoms with van der Waals surface area (Å²) in [5.41, 5.74) is 1.04. The fraction of sp³-hybridized carbons (Fsp3) is 0.357. The Morgan fingerprint density at radius 2 is 2.09 bits per heavy atom. The molecule has 0 aliphatic heterocycles. The Hall–Kier alpha value is -2.58. The van der Waals surface area contributed by atoms with Gasteiger partial charge in [-0.1, -0.05) is 6.07 Å². The SMILES string of the molecule is Cc1ccc([N+](=O)[O-])c(N(C)Cc2nccn2CC(F)(F)F)c1. The van der Waals surface area contributed by atoms with Crippen LogP contribution in [0.3, 0.4) is 0 Å². The molecule has 0 atom stereocenters. The first-order chi connectivity index (χ1) is 10.7. The molecule has 1 aromatic carbocycles. The Labute approximate surface area is 130 Å². The number of nitro benzene ring substituents is 1. The molecule has 124 valence electrons. The first-order valence-corrected chi connectivity index (χ1v) is 6.70. The van der Waals surface area contributed by atoms with Gasteiger partial charge in [-0.15, -0.1) is 0 Å². The predicted molar refractivity (Wildman–Crippen MR) is 78.2 cm³/mol. The standard InChI is InChI=1S/C14H15F3N4O2/c1-10-3-4-11(21(22)23)12(7-10)19(2)8-13-18-5-6-20(13)9-14(15,16)17/h3-7H,8-9H2,1-2H3. The van der Waals surface area contributed by atoms with Crippen LogP contribution in [0, 0.1) is 17.0 Å². The normalized spacial score (nSPS) is 11.5. The molecule has 9 heteroatoms. The van der Waals surface area contributed by atoms with Crippen molar-refractivity contribution < 1.29 is 18.1 Å². The summed E-state index contributed by atoms with van der Waals surface area (Å²) in [7, 11) is 1.58. The highest BCUT2D eigenvalue weighted by molar-refractivity contribution is 5.64. The minimum atomic E-state index is -4.36. The van der Waals surface area contributed by atoms with Gasteiger partial charge in [0.25, 0.3) is 5.69 Å². The number of nitrogens with zero attached hydrogens (tertiary/aromatic N) is 4. The zero-order chi connectivity index (χ0) is 17.2. The molecule has 0 saturated carbocycles. The molecule has 0 bridgehead atoms. The number of anilines is 1. The monoisotopic (exact) mass is 328 g/mol. The number of imidazole rings is 1. The summed E-state index contributed by atoms with van der Waals surface area (Å²) >= 11 is 0. The third-order valence-electron chi connectivity index (χ3n) is 3.27. The maximum atomic E-state index is 12.5. The molecule has 1 heterocycles. The van der Waals surface area contributed by atoms with E-state index in [0.717, 1.165) is 10.1 Å². The third-order valence-corrected chi connectivity index (χ3v) is 3.27. The number of aryl methyl sites for hydroxylation is 1. The van der Waals surface area contributed by atoms with Crippen molar-refractivity contribution in [2.45, 2.75) is 26.2 Å². The second-order valence-corrected chi connectivity index (χ2v) is 5.19. The lowest BCUT2D eigenvalue weighted by molar-refractivity contribution is -0.384. The second kappa shape index (κ2) is 6.27. The lowest BCUT2D eigenvalue weighted by Gasteiger charge is -2.20. The van der Waals surface area contributed by atoms with Crippen molar-refractivity contribution >= 4 is 11.4 Å². The van der Waals surface area contributed by atoms with Crippen molar-refractivity contribution in [2.75, 3.05) is 11.9 Å². The quantitative estimate of drug-likeness (QED) is 0.624. The fourth-order valence-electron chi connectivity index (χ4n) is 2.22. The smallest absolute Gasteiger partial charge is 0.362 e. The predicted octanol–water partition coefficient (Wildman–Crippen LogP) is 3.30. The Bertz CT molecular complexity index is 712. The van der Waals surface area contributed by atoms with Crippen LogP contribution in [0.15, 0.2) is 30.6 Å². The molecule has 23 heavy (non-hydrogen) atoms. The van der Waals surface area contributed by atoms with Gasteiger partial charge in [0.15, 0.2) is 0 Å². The van der Waals surface area contributed by atoms with E-state index in [2.05, 4.69) is 4.98 Å². The van der Waals surface area contributed by atoms with Crippen LogP contribution in [0.2, 0.25) is 0 Å². The van der Waals surface area contributed by atoms with Gasteiger partial charge in [0.05, 0.1) is 11.5 Å². The zero-order valence-electron chi connectivity index (χ0n) is 12.5. The number of hydrogen-bond donors (Lipinski definition) is 0. The molecule has 0 unspecified atom stereocenters. The van der Waals surface area contributed by atoms with Crippen molar-refractivity contribution in [3.05, 3.63) is 52.1 Å². The molecular formula is C14H15F3N4O2. The first-order valence-electron chi connectivity index (χ1n) is 6.70. The molecule has 0 N–H and O–H groups in total. The van der Waals surface area contributed by atoms with Crippen LogP contribution >= 0.6 is 0 Å². The van der Waals surface area contributed by atoms with Crippen molar-refractivity contribution in [2.24, 2.45) is 0 Å². The molecule has 0 fully saturated rings. The van der Waals surface area contributed by atoms with Crippen LogP contribution in [0.4, 0.5) is 24.5 Å². The van der Waals surface area contributed by atoms with E-state index in [1.54, 1.807) is 26.1 Å². The summed E-state index contributed by atoms with van der Waals surface area (Å²) in [5.74, 6) is 0.181. The molecule has 0 spiro atoms. The largest absolute Gasteiger partial charge is 0.406 e. The Kier molecular flexibility index (Phi) is 4.57. The molecule has 0 amide bonds. The molecule has 6 nitrogen and oxygen atoms in total. The highest BCUT2D eigenvalue weighted by atomic mass is 19.4. The second-order valence-electron chi connectivity index (χ2n) is 5.19. The highest BCUT2D eigenvalue weighted by Crippen LogP contribution is 2.29. The van der Waals surface area contributed by atoms with Gasteiger partial charge < -0.3 is 9.47 Å². The van der Waals surface area contributed by atoms with Crippen LogP contribution in [0.25, 0.3) is 0 Å². The fourth-order valence-corrected chi connectivity index (χ4v) is 2.22. The Morgan fingerprint density at radius 3 is 2.70 bits per heavy atom. The number of halogens is 3. The van der Waals surface area contributed by atoms with Gasteiger partial charge in [0.1, 0.15) is 18.1 Å². The minimum Gasteiger partial charge on any atom is -0.362 e. The molecular weight excluding hydrogens is 313 g/mol. The van der Waals surface area contributed by atoms with Gasteiger partial charge >= 0.3 is 6.18 Å². The summed E-state index contributed by atoms with van der Waals surface area (Å²) in [6, 6.07) is 4.61. The number of nitro groups is 1. The Balaban J connectivity index is 2.27. The van der Waals surface area contributed by atoms with Gasteiger partial charge in [-0.2, -0.15) is 13.2 Å². The summed E-state index contributed by atoms with van der Waals surface area (Å²) in [6.07, 6.45) is -1.84. The van der Waals surface area contributed by atoms with Gasteiger partial charge in [0.2, 0.25) is 0 Å². The first kappa shape index (κ1) is 16.8. The van der Waals surface area contributed by atoms with Crippen LogP contribution in [-0.4, -0.2) is 27.7 Å². The third kappa shape index (κ3) is 4.21. The highest BCUT2D eigenvalue weighted by Gasteiger charge is 2.29. The molecule has 0 radical (unpaired) electrons. The van der Waals surface area contributed by atoms with E-state index >= 15 is 0 Å². The van der Waals surface area contributed by atoms with E-state index in [0.29, 0.717) is 5.69 Å². The number of benzene rings is 1. The maximum Gasteiger partial charge on any atom is 0.406 e. The average Bonchev–Trinajstić information content (AvgIpc) is 2.83. The van der Waals surface area contributed by atoms with E-state index in [-0.39, 0.29) is 18.1 Å². The van der Waals surface area contributed by atoms with Crippen molar-refractivity contribution in [1.29, 1.82) is 0 Å². The zero-order valence-corrected chi connectivity index (χ0v) is 12.5. The van der Waals surface area contributed by atoms with E-state index < -0.39 is 17.6 Å². The topological polar surface area (TPSA) is 64.2 Å². The number of rotatable bonds is 5.